The van der Waals surface area contributed by atoms with Crippen LogP contribution in [-0.4, -0.2) is 8.42 Å². The maximum absolute atomic E-state index is 12.4. The molecule has 0 fully saturated rings. The van der Waals surface area contributed by atoms with E-state index < -0.39 is 15.5 Å². The molecule has 0 aliphatic carbocycles. The Balaban J connectivity index is 2.30. The average molecular weight is 286 g/mol. The maximum atomic E-state index is 12.4. The van der Waals surface area contributed by atoms with E-state index in [-0.39, 0.29) is 9.79 Å². The van der Waals surface area contributed by atoms with Crippen molar-refractivity contribution >= 4 is 20.8 Å². The van der Waals surface area contributed by atoms with Gasteiger partial charge in [-0.15, -0.1) is 0 Å². The Bertz CT molecular complexity index is 925. The molecule has 0 aliphatic heterocycles. The van der Waals surface area contributed by atoms with E-state index in [2.05, 4.69) is 0 Å². The standard InChI is InChI=1S/C15H10O4S/c16-15-14(10-11-6-4-5-9-13(11)19-15)20(17,18)12-7-2-1-3-8-12/h1-10H. The van der Waals surface area contributed by atoms with Gasteiger partial charge in [0.15, 0.2) is 4.90 Å². The third-order valence-corrected chi connectivity index (χ3v) is 4.71. The summed E-state index contributed by atoms with van der Waals surface area (Å²) < 4.78 is 29.9. The van der Waals surface area contributed by atoms with Crippen molar-refractivity contribution in [3.8, 4) is 0 Å². The average Bonchev–Trinajstić information content (AvgIpc) is 2.47. The minimum atomic E-state index is -3.87. The molecule has 2 aromatic carbocycles. The summed E-state index contributed by atoms with van der Waals surface area (Å²) in [6.45, 7) is 0. The van der Waals surface area contributed by atoms with Gasteiger partial charge in [-0.2, -0.15) is 0 Å². The van der Waals surface area contributed by atoms with Gasteiger partial charge in [-0.1, -0.05) is 36.4 Å². The Morgan fingerprint density at radius 1 is 0.850 bits per heavy atom. The Morgan fingerprint density at radius 3 is 2.25 bits per heavy atom. The monoisotopic (exact) mass is 286 g/mol. The minimum absolute atomic E-state index is 0.0718. The second kappa shape index (κ2) is 4.61. The highest BCUT2D eigenvalue weighted by Crippen LogP contribution is 2.21. The van der Waals surface area contributed by atoms with Crippen molar-refractivity contribution in [1.29, 1.82) is 0 Å². The van der Waals surface area contributed by atoms with Crippen LogP contribution in [-0.2, 0) is 9.84 Å². The molecule has 20 heavy (non-hydrogen) atoms. The third kappa shape index (κ3) is 2.02. The van der Waals surface area contributed by atoms with E-state index in [9.17, 15) is 13.2 Å². The molecule has 100 valence electrons. The zero-order chi connectivity index (χ0) is 14.2. The van der Waals surface area contributed by atoms with Crippen molar-refractivity contribution in [2.24, 2.45) is 0 Å². The van der Waals surface area contributed by atoms with Gasteiger partial charge >= 0.3 is 5.63 Å². The smallest absolute Gasteiger partial charge is 0.355 e. The quantitative estimate of drug-likeness (QED) is 0.679. The Labute approximate surface area is 115 Å². The van der Waals surface area contributed by atoms with Crippen LogP contribution in [0.25, 0.3) is 11.0 Å². The summed E-state index contributed by atoms with van der Waals surface area (Å²) in [5, 5.41) is 0.571. The summed E-state index contributed by atoms with van der Waals surface area (Å²) in [5.74, 6) is 0. The van der Waals surface area contributed by atoms with Crippen LogP contribution in [0, 0.1) is 0 Å². The number of hydrogen-bond donors (Lipinski definition) is 0. The highest BCUT2D eigenvalue weighted by molar-refractivity contribution is 7.91. The van der Waals surface area contributed by atoms with Crippen LogP contribution in [0.4, 0.5) is 0 Å². The molecule has 4 nitrogen and oxygen atoms in total. The Hall–Kier alpha value is -2.40. The topological polar surface area (TPSA) is 64.3 Å². The lowest BCUT2D eigenvalue weighted by molar-refractivity contribution is 0.532. The first-order valence-corrected chi connectivity index (χ1v) is 7.40. The highest BCUT2D eigenvalue weighted by Gasteiger charge is 2.22. The van der Waals surface area contributed by atoms with Crippen molar-refractivity contribution in [2.45, 2.75) is 9.79 Å². The molecule has 1 heterocycles. The first kappa shape index (κ1) is 12.6. The van der Waals surface area contributed by atoms with E-state index in [1.54, 1.807) is 42.5 Å². The molecule has 3 rings (SSSR count). The summed E-state index contributed by atoms with van der Waals surface area (Å²) in [7, 11) is -3.87. The number of para-hydroxylation sites is 1. The largest absolute Gasteiger partial charge is 0.422 e. The number of sulfone groups is 1. The number of benzene rings is 2. The van der Waals surface area contributed by atoms with Gasteiger partial charge in [0.05, 0.1) is 4.90 Å². The van der Waals surface area contributed by atoms with Gasteiger partial charge in [-0.3, -0.25) is 0 Å². The second-order valence-corrected chi connectivity index (χ2v) is 6.17. The lowest BCUT2D eigenvalue weighted by Gasteiger charge is -2.04. The molecular formula is C15H10O4S. The van der Waals surface area contributed by atoms with Gasteiger partial charge in [0.1, 0.15) is 5.58 Å². The van der Waals surface area contributed by atoms with Crippen LogP contribution in [0.1, 0.15) is 0 Å². The fourth-order valence-electron chi connectivity index (χ4n) is 1.96. The molecule has 0 spiro atoms. The molecule has 0 aliphatic rings. The SMILES string of the molecule is O=c1oc2ccccc2cc1S(=O)(=O)c1ccccc1. The summed E-state index contributed by atoms with van der Waals surface area (Å²) in [5.41, 5.74) is -0.489. The van der Waals surface area contributed by atoms with E-state index in [4.69, 9.17) is 4.42 Å². The molecule has 0 bridgehead atoms. The number of fused-ring (bicyclic) bond motifs is 1. The summed E-state index contributed by atoms with van der Waals surface area (Å²) in [6, 6.07) is 16.0. The predicted molar refractivity (Wildman–Crippen MR) is 74.4 cm³/mol. The molecule has 0 saturated carbocycles. The maximum Gasteiger partial charge on any atom is 0.355 e. The first-order valence-electron chi connectivity index (χ1n) is 5.92. The van der Waals surface area contributed by atoms with Crippen molar-refractivity contribution in [3.05, 3.63) is 71.1 Å². The summed E-state index contributed by atoms with van der Waals surface area (Å²) in [4.78, 5) is 11.6. The van der Waals surface area contributed by atoms with Gasteiger partial charge in [-0.05, 0) is 24.3 Å². The van der Waals surface area contributed by atoms with Crippen molar-refractivity contribution in [2.75, 3.05) is 0 Å². The van der Waals surface area contributed by atoms with E-state index in [1.807, 2.05) is 0 Å². The molecule has 5 heteroatoms. The van der Waals surface area contributed by atoms with Gasteiger partial charge in [0, 0.05) is 5.39 Å². The number of rotatable bonds is 2. The Morgan fingerprint density at radius 2 is 1.50 bits per heavy atom. The molecule has 0 amide bonds. The van der Waals surface area contributed by atoms with Crippen LogP contribution >= 0.6 is 0 Å². The van der Waals surface area contributed by atoms with Crippen LogP contribution < -0.4 is 5.63 Å². The van der Waals surface area contributed by atoms with Crippen molar-refractivity contribution in [1.82, 2.24) is 0 Å². The predicted octanol–water partition coefficient (Wildman–Crippen LogP) is 2.63. The molecule has 0 radical (unpaired) electrons. The van der Waals surface area contributed by atoms with Gasteiger partial charge in [-0.25, -0.2) is 13.2 Å². The third-order valence-electron chi connectivity index (χ3n) is 2.95. The lowest BCUT2D eigenvalue weighted by Crippen LogP contribution is -2.14. The van der Waals surface area contributed by atoms with Crippen LogP contribution in [0.5, 0.6) is 0 Å². The summed E-state index contributed by atoms with van der Waals surface area (Å²) >= 11 is 0. The first-order chi connectivity index (χ1) is 9.59. The van der Waals surface area contributed by atoms with E-state index in [0.717, 1.165) is 0 Å². The Kier molecular flexibility index (Phi) is 2.91. The fraction of sp³-hybridized carbons (Fsp3) is 0. The minimum Gasteiger partial charge on any atom is -0.422 e. The molecule has 0 atom stereocenters. The van der Waals surface area contributed by atoms with Gasteiger partial charge in [0.2, 0.25) is 9.84 Å². The molecule has 3 aromatic rings. The van der Waals surface area contributed by atoms with Crippen LogP contribution in [0.2, 0.25) is 0 Å². The van der Waals surface area contributed by atoms with Gasteiger partial charge < -0.3 is 4.42 Å². The zero-order valence-corrected chi connectivity index (χ0v) is 11.1. The summed E-state index contributed by atoms with van der Waals surface area (Å²) in [6.07, 6.45) is 0. The van der Waals surface area contributed by atoms with Crippen LogP contribution in [0.3, 0.4) is 0 Å². The van der Waals surface area contributed by atoms with Crippen molar-refractivity contribution < 1.29 is 12.8 Å². The molecular weight excluding hydrogens is 276 g/mol. The zero-order valence-electron chi connectivity index (χ0n) is 10.3. The molecule has 0 N–H and O–H groups in total. The second-order valence-electron chi connectivity index (χ2n) is 4.25. The lowest BCUT2D eigenvalue weighted by atomic mass is 10.2. The van der Waals surface area contributed by atoms with Crippen LogP contribution in [0.15, 0.2) is 79.7 Å². The molecule has 0 unspecified atom stereocenters. The molecule has 0 saturated heterocycles. The van der Waals surface area contributed by atoms with Gasteiger partial charge in [0.25, 0.3) is 0 Å². The highest BCUT2D eigenvalue weighted by atomic mass is 32.2. The molecule has 1 aromatic heterocycles. The fourth-order valence-corrected chi connectivity index (χ4v) is 3.27. The van der Waals surface area contributed by atoms with E-state index >= 15 is 0 Å². The van der Waals surface area contributed by atoms with E-state index in [0.29, 0.717) is 11.0 Å². The number of hydrogen-bond acceptors (Lipinski definition) is 4. The normalized spacial score (nSPS) is 11.6. The van der Waals surface area contributed by atoms with E-state index in [1.165, 1.54) is 18.2 Å². The van der Waals surface area contributed by atoms with Crippen molar-refractivity contribution in [3.63, 3.8) is 0 Å².